The Hall–Kier alpha value is -0.320. The van der Waals surface area contributed by atoms with E-state index in [1.165, 1.54) is 0 Å². The quantitative estimate of drug-likeness (QED) is 0.773. The third kappa shape index (κ3) is 3.34. The minimum Gasteiger partial charge on any atom is -0.381 e. The number of rotatable bonds is 3. The van der Waals surface area contributed by atoms with Crippen molar-refractivity contribution in [3.63, 3.8) is 0 Å². The van der Waals surface area contributed by atoms with E-state index in [9.17, 15) is 4.79 Å². The second kappa shape index (κ2) is 6.42. The lowest BCUT2D eigenvalue weighted by molar-refractivity contribution is -0.125. The molecule has 2 aliphatic rings. The highest BCUT2D eigenvalue weighted by Gasteiger charge is 2.30. The minimum atomic E-state index is 0. The lowest BCUT2D eigenvalue weighted by atomic mass is 10.0. The first-order valence-electron chi connectivity index (χ1n) is 5.88. The smallest absolute Gasteiger partial charge is 0.224 e. The van der Waals surface area contributed by atoms with Crippen molar-refractivity contribution in [3.8, 4) is 0 Å². The normalized spacial score (nSPS) is 33.4. The SMILES string of the molecule is Cl.NC1CCCC1C(=O)NCC1CCOC1. The molecule has 1 aliphatic carbocycles. The lowest BCUT2D eigenvalue weighted by Crippen LogP contribution is -2.40. The molecule has 0 aromatic rings. The van der Waals surface area contributed by atoms with E-state index in [4.69, 9.17) is 10.5 Å². The van der Waals surface area contributed by atoms with Crippen molar-refractivity contribution in [2.75, 3.05) is 19.8 Å². The molecule has 94 valence electrons. The minimum absolute atomic E-state index is 0. The first kappa shape index (κ1) is 13.7. The van der Waals surface area contributed by atoms with Crippen LogP contribution in [0.3, 0.4) is 0 Å². The predicted molar refractivity (Wildman–Crippen MR) is 64.5 cm³/mol. The molecule has 1 amide bonds. The van der Waals surface area contributed by atoms with Crippen LogP contribution in [0.4, 0.5) is 0 Å². The molecule has 2 fully saturated rings. The van der Waals surface area contributed by atoms with Gasteiger partial charge in [-0.25, -0.2) is 0 Å². The fraction of sp³-hybridized carbons (Fsp3) is 0.909. The van der Waals surface area contributed by atoms with Gasteiger partial charge in [0.05, 0.1) is 12.5 Å². The van der Waals surface area contributed by atoms with Crippen molar-refractivity contribution in [2.45, 2.75) is 31.7 Å². The maximum Gasteiger partial charge on any atom is 0.224 e. The van der Waals surface area contributed by atoms with Gasteiger partial charge in [-0.1, -0.05) is 6.42 Å². The fourth-order valence-corrected chi connectivity index (χ4v) is 2.43. The summed E-state index contributed by atoms with van der Waals surface area (Å²) in [6.45, 7) is 2.38. The Morgan fingerprint density at radius 3 is 2.75 bits per heavy atom. The van der Waals surface area contributed by atoms with Crippen molar-refractivity contribution in [1.29, 1.82) is 0 Å². The maximum atomic E-state index is 11.8. The molecular weight excluding hydrogens is 228 g/mol. The molecule has 0 aromatic heterocycles. The van der Waals surface area contributed by atoms with Crippen molar-refractivity contribution < 1.29 is 9.53 Å². The number of carbonyl (C=O) groups excluding carboxylic acids is 1. The first-order valence-corrected chi connectivity index (χ1v) is 5.88. The van der Waals surface area contributed by atoms with Crippen LogP contribution in [-0.2, 0) is 9.53 Å². The molecule has 0 aromatic carbocycles. The van der Waals surface area contributed by atoms with Crippen LogP contribution in [0.2, 0.25) is 0 Å². The summed E-state index contributed by atoms with van der Waals surface area (Å²) in [4.78, 5) is 11.8. The van der Waals surface area contributed by atoms with Gasteiger partial charge in [-0.15, -0.1) is 12.4 Å². The van der Waals surface area contributed by atoms with Crippen LogP contribution in [0.15, 0.2) is 0 Å². The van der Waals surface area contributed by atoms with Gasteiger partial charge in [0, 0.05) is 25.1 Å². The Morgan fingerprint density at radius 2 is 2.19 bits per heavy atom. The number of nitrogens with two attached hydrogens (primary N) is 1. The van der Waals surface area contributed by atoms with E-state index in [2.05, 4.69) is 5.32 Å². The summed E-state index contributed by atoms with van der Waals surface area (Å²) < 4.78 is 5.26. The number of ether oxygens (including phenoxy) is 1. The molecule has 1 aliphatic heterocycles. The van der Waals surface area contributed by atoms with Crippen LogP contribution < -0.4 is 11.1 Å². The Kier molecular flexibility index (Phi) is 5.52. The van der Waals surface area contributed by atoms with E-state index < -0.39 is 0 Å². The van der Waals surface area contributed by atoms with Crippen molar-refractivity contribution in [1.82, 2.24) is 5.32 Å². The molecule has 3 atom stereocenters. The summed E-state index contributed by atoms with van der Waals surface area (Å²) in [6, 6.07) is 0.0739. The zero-order valence-corrected chi connectivity index (χ0v) is 10.3. The van der Waals surface area contributed by atoms with Gasteiger partial charge < -0.3 is 15.8 Å². The number of halogens is 1. The summed E-state index contributed by atoms with van der Waals surface area (Å²) in [7, 11) is 0. The average molecular weight is 249 g/mol. The first-order chi connectivity index (χ1) is 7.27. The zero-order chi connectivity index (χ0) is 10.7. The molecule has 0 radical (unpaired) electrons. The molecule has 4 nitrogen and oxygen atoms in total. The summed E-state index contributed by atoms with van der Waals surface area (Å²) in [5.41, 5.74) is 5.88. The monoisotopic (exact) mass is 248 g/mol. The van der Waals surface area contributed by atoms with E-state index >= 15 is 0 Å². The summed E-state index contributed by atoms with van der Waals surface area (Å²) >= 11 is 0. The molecule has 1 saturated heterocycles. The van der Waals surface area contributed by atoms with Gasteiger partial charge in [0.15, 0.2) is 0 Å². The van der Waals surface area contributed by atoms with Crippen molar-refractivity contribution >= 4 is 18.3 Å². The second-order valence-electron chi connectivity index (χ2n) is 4.68. The Labute approximate surface area is 103 Å². The highest BCUT2D eigenvalue weighted by molar-refractivity contribution is 5.85. The molecule has 0 spiro atoms. The Morgan fingerprint density at radius 1 is 1.38 bits per heavy atom. The van der Waals surface area contributed by atoms with Gasteiger partial charge in [0.1, 0.15) is 0 Å². The number of hydrogen-bond acceptors (Lipinski definition) is 3. The van der Waals surface area contributed by atoms with E-state index in [0.717, 1.165) is 45.4 Å². The Bertz CT molecular complexity index is 232. The molecule has 5 heteroatoms. The standard InChI is InChI=1S/C11H20N2O2.ClH/c12-10-3-1-2-9(10)11(14)13-6-8-4-5-15-7-8;/h8-10H,1-7,12H2,(H,13,14);1H. The number of hydrogen-bond donors (Lipinski definition) is 2. The highest BCUT2D eigenvalue weighted by Crippen LogP contribution is 2.24. The average Bonchev–Trinajstić information content (AvgIpc) is 2.84. The van der Waals surface area contributed by atoms with Crippen LogP contribution >= 0.6 is 12.4 Å². The molecule has 1 heterocycles. The van der Waals surface area contributed by atoms with Gasteiger partial charge >= 0.3 is 0 Å². The van der Waals surface area contributed by atoms with Crippen LogP contribution in [-0.4, -0.2) is 31.7 Å². The van der Waals surface area contributed by atoms with E-state index in [-0.39, 0.29) is 30.3 Å². The molecule has 3 N–H and O–H groups in total. The van der Waals surface area contributed by atoms with Crippen molar-refractivity contribution in [2.24, 2.45) is 17.6 Å². The maximum absolute atomic E-state index is 11.8. The van der Waals surface area contributed by atoms with E-state index in [1.807, 2.05) is 0 Å². The lowest BCUT2D eigenvalue weighted by Gasteiger charge is -2.16. The van der Waals surface area contributed by atoms with Crippen LogP contribution in [0, 0.1) is 11.8 Å². The summed E-state index contributed by atoms with van der Waals surface area (Å²) in [5.74, 6) is 0.700. The number of nitrogens with one attached hydrogen (secondary N) is 1. The largest absolute Gasteiger partial charge is 0.381 e. The second-order valence-corrected chi connectivity index (χ2v) is 4.68. The Balaban J connectivity index is 0.00000128. The molecular formula is C11H21ClN2O2. The molecule has 1 saturated carbocycles. The van der Waals surface area contributed by atoms with Gasteiger partial charge in [0.2, 0.25) is 5.91 Å². The van der Waals surface area contributed by atoms with Crippen LogP contribution in [0.1, 0.15) is 25.7 Å². The van der Waals surface area contributed by atoms with Crippen molar-refractivity contribution in [3.05, 3.63) is 0 Å². The third-order valence-corrected chi connectivity index (χ3v) is 3.50. The third-order valence-electron chi connectivity index (χ3n) is 3.50. The molecule has 0 bridgehead atoms. The predicted octanol–water partition coefficient (Wildman–Crippen LogP) is 0.688. The van der Waals surface area contributed by atoms with Crippen LogP contribution in [0.25, 0.3) is 0 Å². The molecule has 3 unspecified atom stereocenters. The van der Waals surface area contributed by atoms with Crippen LogP contribution in [0.5, 0.6) is 0 Å². The summed E-state index contributed by atoms with van der Waals surface area (Å²) in [5, 5.41) is 3.00. The van der Waals surface area contributed by atoms with E-state index in [1.54, 1.807) is 0 Å². The zero-order valence-electron chi connectivity index (χ0n) is 9.48. The van der Waals surface area contributed by atoms with Gasteiger partial charge in [-0.05, 0) is 19.3 Å². The summed E-state index contributed by atoms with van der Waals surface area (Å²) in [6.07, 6.45) is 4.10. The topological polar surface area (TPSA) is 64.4 Å². The van der Waals surface area contributed by atoms with Gasteiger partial charge in [-0.2, -0.15) is 0 Å². The highest BCUT2D eigenvalue weighted by atomic mass is 35.5. The molecule has 16 heavy (non-hydrogen) atoms. The number of amides is 1. The number of carbonyl (C=O) groups is 1. The van der Waals surface area contributed by atoms with Gasteiger partial charge in [0.25, 0.3) is 0 Å². The van der Waals surface area contributed by atoms with E-state index in [0.29, 0.717) is 5.92 Å². The molecule has 2 rings (SSSR count). The fourth-order valence-electron chi connectivity index (χ4n) is 2.43. The van der Waals surface area contributed by atoms with Gasteiger partial charge in [-0.3, -0.25) is 4.79 Å².